The van der Waals surface area contributed by atoms with Crippen molar-refractivity contribution in [2.75, 3.05) is 0 Å². The summed E-state index contributed by atoms with van der Waals surface area (Å²) in [5, 5.41) is 3.07. The minimum atomic E-state index is -0.362. The van der Waals surface area contributed by atoms with E-state index in [2.05, 4.69) is 15.3 Å². The molecule has 0 unspecified atom stereocenters. The van der Waals surface area contributed by atoms with Gasteiger partial charge in [-0.15, -0.1) is 0 Å². The van der Waals surface area contributed by atoms with Crippen LogP contribution >= 0.6 is 0 Å². The van der Waals surface area contributed by atoms with E-state index < -0.39 is 0 Å². The summed E-state index contributed by atoms with van der Waals surface area (Å²) in [7, 11) is 0. The van der Waals surface area contributed by atoms with Crippen molar-refractivity contribution in [2.45, 2.75) is 18.4 Å². The SMILES string of the molecule is O=C(NC1(c2ccccn2)CC1)c1ccc(-c2cccc(F)c2)nc1. The zero-order valence-electron chi connectivity index (χ0n) is 13.4. The van der Waals surface area contributed by atoms with E-state index in [1.807, 2.05) is 18.2 Å². The van der Waals surface area contributed by atoms with Gasteiger partial charge in [-0.2, -0.15) is 0 Å². The van der Waals surface area contributed by atoms with Crippen LogP contribution in [0.15, 0.2) is 67.0 Å². The Kier molecular flexibility index (Phi) is 3.76. The third kappa shape index (κ3) is 3.13. The number of carbonyl (C=O) groups is 1. The minimum Gasteiger partial charge on any atom is -0.341 e. The van der Waals surface area contributed by atoms with Gasteiger partial charge in [0.05, 0.1) is 22.5 Å². The number of nitrogens with zero attached hydrogens (tertiary/aromatic N) is 2. The molecule has 5 heteroatoms. The maximum atomic E-state index is 13.3. The highest BCUT2D eigenvalue weighted by molar-refractivity contribution is 5.95. The Balaban J connectivity index is 1.52. The number of benzene rings is 1. The first-order valence-electron chi connectivity index (χ1n) is 8.12. The lowest BCUT2D eigenvalue weighted by atomic mass is 10.1. The topological polar surface area (TPSA) is 54.9 Å². The largest absolute Gasteiger partial charge is 0.341 e. The number of pyridine rings is 2. The zero-order valence-corrected chi connectivity index (χ0v) is 13.4. The molecule has 3 aromatic rings. The van der Waals surface area contributed by atoms with Crippen LogP contribution in [0.1, 0.15) is 28.9 Å². The van der Waals surface area contributed by atoms with Crippen molar-refractivity contribution in [1.29, 1.82) is 0 Å². The highest BCUT2D eigenvalue weighted by Crippen LogP contribution is 2.44. The molecule has 0 saturated heterocycles. The van der Waals surface area contributed by atoms with E-state index in [0.717, 1.165) is 18.5 Å². The summed E-state index contributed by atoms with van der Waals surface area (Å²) in [6.07, 6.45) is 5.01. The number of halogens is 1. The summed E-state index contributed by atoms with van der Waals surface area (Å²) in [6.45, 7) is 0. The molecule has 1 saturated carbocycles. The molecule has 4 rings (SSSR count). The average molecular weight is 333 g/mol. The van der Waals surface area contributed by atoms with Gasteiger partial charge in [-0.1, -0.05) is 18.2 Å². The Morgan fingerprint density at radius 3 is 2.56 bits per heavy atom. The Labute approximate surface area is 144 Å². The van der Waals surface area contributed by atoms with Gasteiger partial charge in [0.15, 0.2) is 0 Å². The Morgan fingerprint density at radius 2 is 1.92 bits per heavy atom. The van der Waals surface area contributed by atoms with Crippen molar-refractivity contribution < 1.29 is 9.18 Å². The molecule has 0 spiro atoms. The fraction of sp³-hybridized carbons (Fsp3) is 0.150. The molecule has 1 aliphatic rings. The zero-order chi connectivity index (χ0) is 17.3. The van der Waals surface area contributed by atoms with Crippen LogP contribution in [0.4, 0.5) is 4.39 Å². The van der Waals surface area contributed by atoms with Crippen LogP contribution < -0.4 is 5.32 Å². The van der Waals surface area contributed by atoms with Gasteiger partial charge in [-0.25, -0.2) is 4.39 Å². The smallest absolute Gasteiger partial charge is 0.253 e. The quantitative estimate of drug-likeness (QED) is 0.792. The van der Waals surface area contributed by atoms with Crippen LogP contribution in [0, 0.1) is 5.82 Å². The monoisotopic (exact) mass is 333 g/mol. The number of carbonyl (C=O) groups excluding carboxylic acids is 1. The molecule has 1 aliphatic carbocycles. The fourth-order valence-corrected chi connectivity index (χ4v) is 2.85. The fourth-order valence-electron chi connectivity index (χ4n) is 2.85. The molecular weight excluding hydrogens is 317 g/mol. The van der Waals surface area contributed by atoms with E-state index in [1.54, 1.807) is 30.5 Å². The predicted molar refractivity (Wildman–Crippen MR) is 92.2 cm³/mol. The molecule has 1 fully saturated rings. The molecule has 0 radical (unpaired) electrons. The first-order valence-corrected chi connectivity index (χ1v) is 8.12. The number of aromatic nitrogens is 2. The predicted octanol–water partition coefficient (Wildman–Crippen LogP) is 3.70. The lowest BCUT2D eigenvalue weighted by Gasteiger charge is -2.16. The van der Waals surface area contributed by atoms with Crippen LogP contribution in [0.25, 0.3) is 11.3 Å². The van der Waals surface area contributed by atoms with Crippen molar-refractivity contribution in [2.24, 2.45) is 0 Å². The second kappa shape index (κ2) is 6.09. The molecule has 2 heterocycles. The summed E-state index contributed by atoms with van der Waals surface area (Å²) in [6, 6.07) is 15.4. The Bertz CT molecular complexity index is 906. The third-order valence-electron chi connectivity index (χ3n) is 4.40. The van der Waals surface area contributed by atoms with Gasteiger partial charge in [-0.3, -0.25) is 14.8 Å². The van der Waals surface area contributed by atoms with Crippen LogP contribution in [0.5, 0.6) is 0 Å². The van der Waals surface area contributed by atoms with E-state index in [9.17, 15) is 9.18 Å². The minimum absolute atomic E-state index is 0.179. The lowest BCUT2D eigenvalue weighted by molar-refractivity contribution is 0.0929. The first kappa shape index (κ1) is 15.4. The average Bonchev–Trinajstić information content (AvgIpc) is 3.43. The first-order chi connectivity index (χ1) is 12.2. The van der Waals surface area contributed by atoms with Gasteiger partial charge in [0, 0.05) is 18.0 Å². The molecule has 0 bridgehead atoms. The van der Waals surface area contributed by atoms with Crippen LogP contribution in [-0.2, 0) is 5.54 Å². The van der Waals surface area contributed by atoms with Gasteiger partial charge in [-0.05, 0) is 49.2 Å². The molecule has 0 atom stereocenters. The van der Waals surface area contributed by atoms with E-state index >= 15 is 0 Å². The van der Waals surface area contributed by atoms with Crippen molar-refractivity contribution in [3.8, 4) is 11.3 Å². The second-order valence-corrected chi connectivity index (χ2v) is 6.19. The van der Waals surface area contributed by atoms with Gasteiger partial charge >= 0.3 is 0 Å². The second-order valence-electron chi connectivity index (χ2n) is 6.19. The Hall–Kier alpha value is -3.08. The number of hydrogen-bond donors (Lipinski definition) is 1. The van der Waals surface area contributed by atoms with E-state index in [0.29, 0.717) is 16.8 Å². The summed E-state index contributed by atoms with van der Waals surface area (Å²) in [5.74, 6) is -0.492. The molecule has 124 valence electrons. The summed E-state index contributed by atoms with van der Waals surface area (Å²) in [4.78, 5) is 21.2. The maximum Gasteiger partial charge on any atom is 0.253 e. The normalized spacial score (nSPS) is 14.8. The van der Waals surface area contributed by atoms with E-state index in [4.69, 9.17) is 0 Å². The molecule has 4 nitrogen and oxygen atoms in total. The standard InChI is InChI=1S/C20H16FN3O/c21-16-5-3-4-14(12-16)17-8-7-15(13-23-17)19(25)24-20(9-10-20)18-6-1-2-11-22-18/h1-8,11-13H,9-10H2,(H,24,25). The summed E-state index contributed by atoms with van der Waals surface area (Å²) >= 11 is 0. The Morgan fingerprint density at radius 1 is 1.04 bits per heavy atom. The summed E-state index contributed by atoms with van der Waals surface area (Å²) in [5.41, 5.74) is 2.30. The number of hydrogen-bond acceptors (Lipinski definition) is 3. The highest BCUT2D eigenvalue weighted by atomic mass is 19.1. The lowest BCUT2D eigenvalue weighted by Crippen LogP contribution is -2.35. The van der Waals surface area contributed by atoms with Crippen molar-refractivity contribution in [3.05, 3.63) is 84.1 Å². The van der Waals surface area contributed by atoms with Gasteiger partial charge in [0.1, 0.15) is 5.82 Å². The third-order valence-corrected chi connectivity index (χ3v) is 4.40. The number of amides is 1. The molecular formula is C20H16FN3O. The van der Waals surface area contributed by atoms with Crippen molar-refractivity contribution in [1.82, 2.24) is 15.3 Å². The van der Waals surface area contributed by atoms with Crippen LogP contribution in [0.3, 0.4) is 0 Å². The highest BCUT2D eigenvalue weighted by Gasteiger charge is 2.47. The van der Waals surface area contributed by atoms with E-state index in [1.165, 1.54) is 18.3 Å². The molecule has 0 aliphatic heterocycles. The van der Waals surface area contributed by atoms with Crippen LogP contribution in [-0.4, -0.2) is 15.9 Å². The molecule has 1 N–H and O–H groups in total. The molecule has 1 aromatic carbocycles. The van der Waals surface area contributed by atoms with Crippen molar-refractivity contribution in [3.63, 3.8) is 0 Å². The van der Waals surface area contributed by atoms with Crippen LogP contribution in [0.2, 0.25) is 0 Å². The number of nitrogens with one attached hydrogen (secondary N) is 1. The molecule has 1 amide bonds. The van der Waals surface area contributed by atoms with Gasteiger partial charge in [0.2, 0.25) is 0 Å². The molecule has 2 aromatic heterocycles. The number of rotatable bonds is 4. The summed E-state index contributed by atoms with van der Waals surface area (Å²) < 4.78 is 13.3. The van der Waals surface area contributed by atoms with Gasteiger partial charge in [0.25, 0.3) is 5.91 Å². The van der Waals surface area contributed by atoms with Gasteiger partial charge < -0.3 is 5.32 Å². The molecule has 25 heavy (non-hydrogen) atoms. The van der Waals surface area contributed by atoms with Crippen molar-refractivity contribution >= 4 is 5.91 Å². The van der Waals surface area contributed by atoms with E-state index in [-0.39, 0.29) is 17.3 Å². The maximum absolute atomic E-state index is 13.3.